The average Bonchev–Trinajstić information content (AvgIpc) is 2.74. The Morgan fingerprint density at radius 2 is 1.79 bits per heavy atom. The Labute approximate surface area is 180 Å². The van der Waals surface area contributed by atoms with Crippen molar-refractivity contribution in [2.45, 2.75) is 25.2 Å². The van der Waals surface area contributed by atoms with Gasteiger partial charge in [-0.25, -0.2) is 0 Å². The highest BCUT2D eigenvalue weighted by Gasteiger charge is 2.31. The van der Waals surface area contributed by atoms with Gasteiger partial charge in [-0.05, 0) is 36.8 Å². The average molecular weight is 466 g/mol. The van der Waals surface area contributed by atoms with E-state index in [2.05, 4.69) is 39.9 Å². The first-order valence-corrected chi connectivity index (χ1v) is 10.5. The highest BCUT2D eigenvalue weighted by atomic mass is 79.9. The molecule has 29 heavy (non-hydrogen) atoms. The van der Waals surface area contributed by atoms with Gasteiger partial charge >= 0.3 is 0 Å². The number of benzene rings is 2. The summed E-state index contributed by atoms with van der Waals surface area (Å²) >= 11 is 3.47. The molecule has 1 fully saturated rings. The second kappa shape index (κ2) is 10.3. The maximum Gasteiger partial charge on any atom is 0.203 e. The predicted molar refractivity (Wildman–Crippen MR) is 115 cm³/mol. The Morgan fingerprint density at radius 3 is 2.41 bits per heavy atom. The minimum atomic E-state index is -0.657. The van der Waals surface area contributed by atoms with Crippen LogP contribution in [0.5, 0.6) is 17.2 Å². The lowest BCUT2D eigenvalue weighted by Gasteiger charge is -2.40. The fourth-order valence-corrected chi connectivity index (χ4v) is 3.84. The van der Waals surface area contributed by atoms with E-state index in [4.69, 9.17) is 18.9 Å². The van der Waals surface area contributed by atoms with Crippen molar-refractivity contribution in [1.29, 1.82) is 0 Å². The van der Waals surface area contributed by atoms with Gasteiger partial charge in [0.05, 0.1) is 26.9 Å². The van der Waals surface area contributed by atoms with Crippen LogP contribution in [0, 0.1) is 0 Å². The lowest BCUT2D eigenvalue weighted by Crippen LogP contribution is -2.49. The van der Waals surface area contributed by atoms with Gasteiger partial charge in [-0.2, -0.15) is 0 Å². The summed E-state index contributed by atoms with van der Waals surface area (Å²) < 4.78 is 23.6. The van der Waals surface area contributed by atoms with E-state index in [9.17, 15) is 5.11 Å². The third-order valence-electron chi connectivity index (χ3n) is 5.14. The van der Waals surface area contributed by atoms with Crippen LogP contribution in [-0.4, -0.2) is 62.7 Å². The Bertz CT molecular complexity index is 763. The molecule has 1 saturated heterocycles. The molecule has 6 nitrogen and oxygen atoms in total. The van der Waals surface area contributed by atoms with Crippen molar-refractivity contribution in [3.8, 4) is 17.2 Å². The van der Waals surface area contributed by atoms with Gasteiger partial charge in [-0.1, -0.05) is 34.1 Å². The largest absolute Gasteiger partial charge is 0.493 e. The van der Waals surface area contributed by atoms with E-state index in [1.54, 1.807) is 26.4 Å². The van der Waals surface area contributed by atoms with Crippen molar-refractivity contribution in [3.05, 3.63) is 52.5 Å². The van der Waals surface area contributed by atoms with E-state index < -0.39 is 6.10 Å². The molecule has 3 rings (SSSR count). The first-order valence-electron chi connectivity index (χ1n) is 9.66. The van der Waals surface area contributed by atoms with Crippen molar-refractivity contribution >= 4 is 15.9 Å². The minimum absolute atomic E-state index is 0.0284. The molecular formula is C22H28BrNO5. The summed E-state index contributed by atoms with van der Waals surface area (Å²) in [7, 11) is 3.16. The summed E-state index contributed by atoms with van der Waals surface area (Å²) in [5.41, 5.74) is 1.13. The van der Waals surface area contributed by atoms with E-state index >= 15 is 0 Å². The summed E-state index contributed by atoms with van der Waals surface area (Å²) in [5.74, 6) is 1.65. The summed E-state index contributed by atoms with van der Waals surface area (Å²) in [6, 6.07) is 13.8. The molecule has 1 aliphatic rings. The minimum Gasteiger partial charge on any atom is -0.493 e. The van der Waals surface area contributed by atoms with E-state index in [1.807, 2.05) is 18.2 Å². The summed E-state index contributed by atoms with van der Waals surface area (Å²) in [6.07, 6.45) is -0.685. The van der Waals surface area contributed by atoms with Crippen LogP contribution in [0.4, 0.5) is 0 Å². The van der Waals surface area contributed by atoms with Crippen LogP contribution in [0.1, 0.15) is 18.6 Å². The number of nitrogens with zero attached hydrogens (tertiary/aromatic N) is 1. The second-order valence-electron chi connectivity index (χ2n) is 7.03. The van der Waals surface area contributed by atoms with E-state index in [1.165, 1.54) is 0 Å². The topological polar surface area (TPSA) is 60.4 Å². The highest BCUT2D eigenvalue weighted by Crippen LogP contribution is 2.37. The fourth-order valence-electron chi connectivity index (χ4n) is 3.58. The molecule has 3 atom stereocenters. The zero-order valence-corrected chi connectivity index (χ0v) is 18.6. The number of methoxy groups -OCH3 is 2. The van der Waals surface area contributed by atoms with Crippen molar-refractivity contribution in [2.24, 2.45) is 0 Å². The molecule has 3 unspecified atom stereocenters. The molecule has 2 aromatic carbocycles. The van der Waals surface area contributed by atoms with Crippen LogP contribution in [0.15, 0.2) is 46.9 Å². The van der Waals surface area contributed by atoms with Crippen LogP contribution < -0.4 is 14.2 Å². The van der Waals surface area contributed by atoms with Gasteiger partial charge in [0.25, 0.3) is 0 Å². The highest BCUT2D eigenvalue weighted by molar-refractivity contribution is 9.10. The monoisotopic (exact) mass is 465 g/mol. The van der Waals surface area contributed by atoms with Crippen molar-refractivity contribution in [3.63, 3.8) is 0 Å². The molecule has 0 aliphatic carbocycles. The maximum atomic E-state index is 10.6. The van der Waals surface area contributed by atoms with Gasteiger partial charge in [0.1, 0.15) is 12.7 Å². The smallest absolute Gasteiger partial charge is 0.203 e. The summed E-state index contributed by atoms with van der Waals surface area (Å²) in [6.45, 7) is 4.16. The first-order chi connectivity index (χ1) is 14.0. The quantitative estimate of drug-likeness (QED) is 0.641. The first kappa shape index (κ1) is 21.9. The lowest BCUT2D eigenvalue weighted by molar-refractivity contribution is -0.0805. The van der Waals surface area contributed by atoms with E-state index in [0.29, 0.717) is 30.4 Å². The number of ether oxygens (including phenoxy) is 4. The van der Waals surface area contributed by atoms with Crippen LogP contribution in [0.3, 0.4) is 0 Å². The van der Waals surface area contributed by atoms with Gasteiger partial charge in [0.15, 0.2) is 11.5 Å². The molecule has 158 valence electrons. The molecule has 2 aromatic rings. The number of aliphatic hydroxyl groups is 1. The molecule has 0 amide bonds. The number of halogens is 1. The normalized spacial score (nSPS) is 20.9. The second-order valence-corrected chi connectivity index (χ2v) is 7.95. The number of β-amino-alcohol motifs (C(OH)–C–C–N with tert-alkyl or cyclic N) is 1. The number of morpholine rings is 1. The van der Waals surface area contributed by atoms with Gasteiger partial charge < -0.3 is 24.1 Å². The Hall–Kier alpha value is -1.80. The zero-order valence-electron chi connectivity index (χ0n) is 17.0. The number of hydrogen-bond acceptors (Lipinski definition) is 6. The Balaban J connectivity index is 1.60. The molecule has 7 heteroatoms. The van der Waals surface area contributed by atoms with Gasteiger partial charge in [0, 0.05) is 23.6 Å². The SMILES string of the molecule is COc1cccc(OC)c1OCC(O)CN1CCOC(c2ccc(Br)cc2)C1C. The molecule has 0 aromatic heterocycles. The molecule has 0 radical (unpaired) electrons. The molecule has 0 spiro atoms. The van der Waals surface area contributed by atoms with Gasteiger partial charge in [0.2, 0.25) is 5.75 Å². The van der Waals surface area contributed by atoms with Crippen molar-refractivity contribution < 1.29 is 24.1 Å². The molecule has 1 N–H and O–H groups in total. The standard InChI is InChI=1S/C22H28BrNO5/c1-15-21(16-7-9-17(23)10-8-16)28-12-11-24(15)13-18(25)14-29-22-19(26-2)5-4-6-20(22)27-3/h4-10,15,18,21,25H,11-14H2,1-3H3. The maximum absolute atomic E-state index is 10.6. The predicted octanol–water partition coefficient (Wildman–Crippen LogP) is 3.67. The zero-order chi connectivity index (χ0) is 20.8. The summed E-state index contributed by atoms with van der Waals surface area (Å²) in [5, 5.41) is 10.6. The molecule has 0 bridgehead atoms. The Morgan fingerprint density at radius 1 is 1.14 bits per heavy atom. The fraction of sp³-hybridized carbons (Fsp3) is 0.455. The number of para-hydroxylation sites is 1. The Kier molecular flexibility index (Phi) is 7.77. The molecular weight excluding hydrogens is 438 g/mol. The number of aliphatic hydroxyl groups excluding tert-OH is 1. The lowest BCUT2D eigenvalue weighted by atomic mass is 10.0. The van der Waals surface area contributed by atoms with Crippen LogP contribution >= 0.6 is 15.9 Å². The number of rotatable bonds is 8. The van der Waals surface area contributed by atoms with E-state index in [0.717, 1.165) is 16.6 Å². The molecule has 1 heterocycles. The van der Waals surface area contributed by atoms with Crippen LogP contribution in [-0.2, 0) is 4.74 Å². The van der Waals surface area contributed by atoms with Gasteiger partial charge in [-0.3, -0.25) is 4.90 Å². The van der Waals surface area contributed by atoms with Crippen molar-refractivity contribution in [1.82, 2.24) is 4.90 Å². The van der Waals surface area contributed by atoms with Crippen LogP contribution in [0.2, 0.25) is 0 Å². The van der Waals surface area contributed by atoms with Crippen molar-refractivity contribution in [2.75, 3.05) is 40.5 Å². The van der Waals surface area contributed by atoms with Crippen LogP contribution in [0.25, 0.3) is 0 Å². The van der Waals surface area contributed by atoms with Gasteiger partial charge in [-0.15, -0.1) is 0 Å². The molecule has 0 saturated carbocycles. The summed E-state index contributed by atoms with van der Waals surface area (Å²) in [4.78, 5) is 2.24. The number of hydrogen-bond donors (Lipinski definition) is 1. The molecule has 1 aliphatic heterocycles. The van der Waals surface area contributed by atoms with E-state index in [-0.39, 0.29) is 18.8 Å². The third-order valence-corrected chi connectivity index (χ3v) is 5.67. The third kappa shape index (κ3) is 5.42.